The molecule has 0 aliphatic carbocycles. The van der Waals surface area contributed by atoms with Crippen molar-refractivity contribution in [2.45, 2.75) is 0 Å². The Balaban J connectivity index is 1.83. The summed E-state index contributed by atoms with van der Waals surface area (Å²) in [5.74, 6) is -0.0666. The van der Waals surface area contributed by atoms with Gasteiger partial charge in [0.1, 0.15) is 0 Å². The maximum atomic E-state index is 12.2. The molecule has 0 atom stereocenters. The average Bonchev–Trinajstić information content (AvgIpc) is 3.20. The van der Waals surface area contributed by atoms with Gasteiger partial charge in [-0.15, -0.1) is 11.3 Å². The number of para-hydroxylation sites is 1. The Kier molecular flexibility index (Phi) is 2.72. The fourth-order valence-corrected chi connectivity index (χ4v) is 3.10. The highest BCUT2D eigenvalue weighted by molar-refractivity contribution is 7.12. The van der Waals surface area contributed by atoms with Gasteiger partial charge >= 0.3 is 0 Å². The molecule has 2 aromatic heterocycles. The minimum absolute atomic E-state index is 0.0666. The van der Waals surface area contributed by atoms with Crippen molar-refractivity contribution in [3.8, 4) is 5.13 Å². The van der Waals surface area contributed by atoms with E-state index in [0.717, 1.165) is 22.1 Å². The molecule has 21 heavy (non-hydrogen) atoms. The summed E-state index contributed by atoms with van der Waals surface area (Å²) in [6.07, 6.45) is 5.63. The number of thiazole rings is 1. The zero-order valence-electron chi connectivity index (χ0n) is 11.0. The quantitative estimate of drug-likeness (QED) is 0.736. The second-order valence-corrected chi connectivity index (χ2v) is 5.55. The number of nitrogens with one attached hydrogen (secondary N) is 1. The standard InChI is InChI=1S/C16H11N3OS/c20-15-13(12-5-1-2-6-14(12)18-15)10-11-4-3-8-19(11)16-17-7-9-21-16/h1-10H,(H,18,20)/b13-10-. The van der Waals surface area contributed by atoms with Crippen molar-refractivity contribution < 1.29 is 4.79 Å². The molecule has 0 saturated carbocycles. The van der Waals surface area contributed by atoms with E-state index in [-0.39, 0.29) is 5.91 Å². The van der Waals surface area contributed by atoms with E-state index >= 15 is 0 Å². The highest BCUT2D eigenvalue weighted by Gasteiger charge is 2.23. The van der Waals surface area contributed by atoms with Crippen LogP contribution < -0.4 is 5.32 Å². The number of aromatic nitrogens is 2. The summed E-state index contributed by atoms with van der Waals surface area (Å²) >= 11 is 1.56. The lowest BCUT2D eigenvalue weighted by Crippen LogP contribution is -2.04. The van der Waals surface area contributed by atoms with Crippen molar-refractivity contribution in [1.82, 2.24) is 9.55 Å². The number of carbonyl (C=O) groups excluding carboxylic acids is 1. The van der Waals surface area contributed by atoms with Crippen LogP contribution in [0.4, 0.5) is 5.69 Å². The fourth-order valence-electron chi connectivity index (χ4n) is 2.45. The van der Waals surface area contributed by atoms with Gasteiger partial charge in [0, 0.05) is 34.7 Å². The molecular formula is C16H11N3OS. The number of hydrogen-bond donors (Lipinski definition) is 1. The van der Waals surface area contributed by atoms with Gasteiger partial charge in [0.15, 0.2) is 5.13 Å². The van der Waals surface area contributed by atoms with Crippen LogP contribution in [0.5, 0.6) is 0 Å². The SMILES string of the molecule is O=C1Nc2ccccc2/C1=C/c1cccn1-c1nccs1. The lowest BCUT2D eigenvalue weighted by atomic mass is 10.1. The first kappa shape index (κ1) is 12.1. The van der Waals surface area contributed by atoms with Gasteiger partial charge < -0.3 is 5.32 Å². The zero-order chi connectivity index (χ0) is 14.2. The van der Waals surface area contributed by atoms with Crippen molar-refractivity contribution in [2.24, 2.45) is 0 Å². The van der Waals surface area contributed by atoms with E-state index in [1.165, 1.54) is 0 Å². The largest absolute Gasteiger partial charge is 0.321 e. The van der Waals surface area contributed by atoms with E-state index in [4.69, 9.17) is 0 Å². The summed E-state index contributed by atoms with van der Waals surface area (Å²) in [7, 11) is 0. The van der Waals surface area contributed by atoms with Gasteiger partial charge in [-0.05, 0) is 24.3 Å². The summed E-state index contributed by atoms with van der Waals surface area (Å²) in [4.78, 5) is 16.5. The molecule has 0 unspecified atom stereocenters. The number of fused-ring (bicyclic) bond motifs is 1. The van der Waals surface area contributed by atoms with Crippen LogP contribution in [0, 0.1) is 0 Å². The van der Waals surface area contributed by atoms with Crippen molar-refractivity contribution in [2.75, 3.05) is 5.32 Å². The van der Waals surface area contributed by atoms with E-state index in [2.05, 4.69) is 10.3 Å². The monoisotopic (exact) mass is 293 g/mol. The lowest BCUT2D eigenvalue weighted by molar-refractivity contribution is -0.110. The molecule has 0 radical (unpaired) electrons. The van der Waals surface area contributed by atoms with Crippen molar-refractivity contribution in [3.05, 3.63) is 65.4 Å². The Morgan fingerprint density at radius 2 is 2.10 bits per heavy atom. The molecule has 1 aliphatic rings. The van der Waals surface area contributed by atoms with E-state index in [1.807, 2.05) is 58.6 Å². The van der Waals surface area contributed by atoms with E-state index in [9.17, 15) is 4.79 Å². The average molecular weight is 293 g/mol. The van der Waals surface area contributed by atoms with E-state index < -0.39 is 0 Å². The van der Waals surface area contributed by atoms with Crippen molar-refractivity contribution in [3.63, 3.8) is 0 Å². The highest BCUT2D eigenvalue weighted by Crippen LogP contribution is 2.33. The molecule has 1 aromatic carbocycles. The third-order valence-electron chi connectivity index (χ3n) is 3.41. The Morgan fingerprint density at radius 3 is 2.95 bits per heavy atom. The smallest absolute Gasteiger partial charge is 0.256 e. The number of nitrogens with zero attached hydrogens (tertiary/aromatic N) is 2. The third kappa shape index (κ3) is 1.98. The van der Waals surface area contributed by atoms with Crippen LogP contribution in [-0.2, 0) is 4.79 Å². The topological polar surface area (TPSA) is 46.9 Å². The Hall–Kier alpha value is -2.66. The molecule has 0 bridgehead atoms. The molecule has 0 fully saturated rings. The minimum atomic E-state index is -0.0666. The maximum Gasteiger partial charge on any atom is 0.256 e. The van der Waals surface area contributed by atoms with Crippen LogP contribution in [0.2, 0.25) is 0 Å². The summed E-state index contributed by atoms with van der Waals surface area (Å²) in [6, 6.07) is 11.6. The predicted molar refractivity (Wildman–Crippen MR) is 84.4 cm³/mol. The molecule has 0 saturated heterocycles. The summed E-state index contributed by atoms with van der Waals surface area (Å²) < 4.78 is 1.98. The van der Waals surface area contributed by atoms with Crippen molar-refractivity contribution in [1.29, 1.82) is 0 Å². The van der Waals surface area contributed by atoms with Crippen molar-refractivity contribution >= 4 is 34.6 Å². The van der Waals surface area contributed by atoms with Gasteiger partial charge in [0.25, 0.3) is 5.91 Å². The van der Waals surface area contributed by atoms with E-state index in [0.29, 0.717) is 5.57 Å². The Morgan fingerprint density at radius 1 is 1.19 bits per heavy atom. The van der Waals surface area contributed by atoms with Crippen LogP contribution in [0.15, 0.2) is 54.2 Å². The van der Waals surface area contributed by atoms with Gasteiger partial charge in [-0.1, -0.05) is 18.2 Å². The van der Waals surface area contributed by atoms with Crippen LogP contribution in [0.25, 0.3) is 16.8 Å². The van der Waals surface area contributed by atoms with Gasteiger partial charge in [0.05, 0.1) is 5.57 Å². The molecular weight excluding hydrogens is 282 g/mol. The van der Waals surface area contributed by atoms with Gasteiger partial charge in [-0.25, -0.2) is 4.98 Å². The first-order valence-electron chi connectivity index (χ1n) is 6.52. The number of hydrogen-bond acceptors (Lipinski definition) is 3. The Bertz CT molecular complexity index is 846. The third-order valence-corrected chi connectivity index (χ3v) is 4.18. The molecule has 0 spiro atoms. The Labute approximate surface area is 125 Å². The van der Waals surface area contributed by atoms with Gasteiger partial charge in [-0.2, -0.15) is 0 Å². The summed E-state index contributed by atoms with van der Waals surface area (Å²) in [6.45, 7) is 0. The second-order valence-electron chi connectivity index (χ2n) is 4.68. The van der Waals surface area contributed by atoms with Crippen LogP contribution in [-0.4, -0.2) is 15.5 Å². The summed E-state index contributed by atoms with van der Waals surface area (Å²) in [5.41, 5.74) is 3.42. The predicted octanol–water partition coefficient (Wildman–Crippen LogP) is 3.43. The molecule has 3 aromatic rings. The van der Waals surface area contributed by atoms with Gasteiger partial charge in [-0.3, -0.25) is 9.36 Å². The molecule has 102 valence electrons. The van der Waals surface area contributed by atoms with Crippen LogP contribution in [0.3, 0.4) is 0 Å². The molecule has 1 aliphatic heterocycles. The number of anilines is 1. The number of benzene rings is 1. The first-order chi connectivity index (χ1) is 10.3. The minimum Gasteiger partial charge on any atom is -0.321 e. The highest BCUT2D eigenvalue weighted by atomic mass is 32.1. The summed E-state index contributed by atoms with van der Waals surface area (Å²) in [5, 5.41) is 5.71. The number of amides is 1. The molecule has 3 heterocycles. The number of rotatable bonds is 2. The molecule has 5 heteroatoms. The van der Waals surface area contributed by atoms with Gasteiger partial charge in [0.2, 0.25) is 0 Å². The number of carbonyl (C=O) groups is 1. The normalized spacial score (nSPS) is 15.2. The molecule has 1 amide bonds. The molecule has 4 nitrogen and oxygen atoms in total. The maximum absolute atomic E-state index is 12.2. The first-order valence-corrected chi connectivity index (χ1v) is 7.40. The molecule has 1 N–H and O–H groups in total. The second kappa shape index (κ2) is 4.71. The van der Waals surface area contributed by atoms with Crippen LogP contribution in [0.1, 0.15) is 11.3 Å². The van der Waals surface area contributed by atoms with Crippen LogP contribution >= 0.6 is 11.3 Å². The lowest BCUT2D eigenvalue weighted by Gasteiger charge is -2.03. The molecule has 4 rings (SSSR count). The van der Waals surface area contributed by atoms with E-state index in [1.54, 1.807) is 17.5 Å². The fraction of sp³-hybridized carbons (Fsp3) is 0. The zero-order valence-corrected chi connectivity index (χ0v) is 11.8.